The SMILES string of the molecule is CCCn1cc(C(=O)N[C@H](CC(C)C)C(=O)O)cn1. The van der Waals surface area contributed by atoms with Crippen molar-refractivity contribution in [3.05, 3.63) is 18.0 Å². The van der Waals surface area contributed by atoms with E-state index in [4.69, 9.17) is 5.11 Å². The highest BCUT2D eigenvalue weighted by atomic mass is 16.4. The molecule has 1 aromatic heterocycles. The maximum Gasteiger partial charge on any atom is 0.326 e. The minimum atomic E-state index is -1.01. The Hall–Kier alpha value is -1.85. The summed E-state index contributed by atoms with van der Waals surface area (Å²) in [5.74, 6) is -1.21. The van der Waals surface area contributed by atoms with Crippen molar-refractivity contribution in [2.24, 2.45) is 5.92 Å². The molecule has 0 aliphatic heterocycles. The molecular formula is C13H21N3O3. The van der Waals surface area contributed by atoms with Gasteiger partial charge in [-0.25, -0.2) is 4.79 Å². The molecule has 6 heteroatoms. The zero-order valence-corrected chi connectivity index (χ0v) is 11.6. The van der Waals surface area contributed by atoms with Crippen LogP contribution < -0.4 is 5.32 Å². The van der Waals surface area contributed by atoms with Gasteiger partial charge in [0, 0.05) is 12.7 Å². The van der Waals surface area contributed by atoms with Gasteiger partial charge in [0.15, 0.2) is 0 Å². The van der Waals surface area contributed by atoms with Crippen LogP contribution in [0.15, 0.2) is 12.4 Å². The predicted molar refractivity (Wildman–Crippen MR) is 70.9 cm³/mol. The predicted octanol–water partition coefficient (Wildman–Crippen LogP) is 1.52. The Labute approximate surface area is 112 Å². The third-order valence-electron chi connectivity index (χ3n) is 2.66. The summed E-state index contributed by atoms with van der Waals surface area (Å²) in [5.41, 5.74) is 0.392. The summed E-state index contributed by atoms with van der Waals surface area (Å²) in [6.07, 6.45) is 4.42. The summed E-state index contributed by atoms with van der Waals surface area (Å²) >= 11 is 0. The number of amides is 1. The van der Waals surface area contributed by atoms with E-state index in [1.54, 1.807) is 10.9 Å². The molecule has 0 saturated carbocycles. The molecule has 0 bridgehead atoms. The lowest BCUT2D eigenvalue weighted by Crippen LogP contribution is -2.41. The smallest absolute Gasteiger partial charge is 0.326 e. The minimum absolute atomic E-state index is 0.198. The zero-order valence-electron chi connectivity index (χ0n) is 11.6. The van der Waals surface area contributed by atoms with Crippen LogP contribution in [-0.2, 0) is 11.3 Å². The topological polar surface area (TPSA) is 84.2 Å². The lowest BCUT2D eigenvalue weighted by molar-refractivity contribution is -0.139. The average molecular weight is 267 g/mol. The molecule has 1 amide bonds. The van der Waals surface area contributed by atoms with Crippen molar-refractivity contribution in [2.45, 2.75) is 46.2 Å². The third kappa shape index (κ3) is 4.73. The number of hydrogen-bond acceptors (Lipinski definition) is 3. The Morgan fingerprint density at radius 1 is 1.47 bits per heavy atom. The van der Waals surface area contributed by atoms with Crippen molar-refractivity contribution in [2.75, 3.05) is 0 Å². The van der Waals surface area contributed by atoms with Gasteiger partial charge in [0.1, 0.15) is 6.04 Å². The summed E-state index contributed by atoms with van der Waals surface area (Å²) < 4.78 is 1.67. The van der Waals surface area contributed by atoms with Crippen LogP contribution >= 0.6 is 0 Å². The second-order valence-corrected chi connectivity index (χ2v) is 4.99. The number of aliphatic carboxylic acids is 1. The molecule has 6 nitrogen and oxygen atoms in total. The van der Waals surface area contributed by atoms with Crippen LogP contribution in [0.1, 0.15) is 44.0 Å². The zero-order chi connectivity index (χ0) is 14.4. The van der Waals surface area contributed by atoms with E-state index in [0.29, 0.717) is 12.0 Å². The molecular weight excluding hydrogens is 246 g/mol. The number of hydrogen-bond donors (Lipinski definition) is 2. The molecule has 19 heavy (non-hydrogen) atoms. The normalized spacial score (nSPS) is 12.4. The molecule has 0 aliphatic rings. The van der Waals surface area contributed by atoms with Crippen LogP contribution in [0.2, 0.25) is 0 Å². The molecule has 0 unspecified atom stereocenters. The van der Waals surface area contributed by atoms with E-state index in [1.807, 2.05) is 20.8 Å². The Bertz CT molecular complexity index is 440. The first-order valence-corrected chi connectivity index (χ1v) is 6.50. The highest BCUT2D eigenvalue weighted by Crippen LogP contribution is 2.07. The van der Waals surface area contributed by atoms with E-state index in [9.17, 15) is 9.59 Å². The number of carbonyl (C=O) groups is 2. The number of nitrogens with zero attached hydrogens (tertiary/aromatic N) is 2. The van der Waals surface area contributed by atoms with Gasteiger partial charge in [-0.15, -0.1) is 0 Å². The van der Waals surface area contributed by atoms with Gasteiger partial charge in [-0.3, -0.25) is 9.48 Å². The van der Waals surface area contributed by atoms with Crippen LogP contribution in [0.25, 0.3) is 0 Å². The van der Waals surface area contributed by atoms with E-state index in [-0.39, 0.29) is 5.92 Å². The number of aryl methyl sites for hydroxylation is 1. The molecule has 0 aromatic carbocycles. The number of carboxylic acids is 1. The molecule has 1 heterocycles. The quantitative estimate of drug-likeness (QED) is 0.784. The van der Waals surface area contributed by atoms with E-state index < -0.39 is 17.9 Å². The van der Waals surface area contributed by atoms with Crippen molar-refractivity contribution >= 4 is 11.9 Å². The molecule has 0 fully saturated rings. The highest BCUT2D eigenvalue weighted by Gasteiger charge is 2.22. The van der Waals surface area contributed by atoms with Crippen molar-refractivity contribution in [1.29, 1.82) is 0 Å². The van der Waals surface area contributed by atoms with E-state index in [2.05, 4.69) is 10.4 Å². The van der Waals surface area contributed by atoms with Gasteiger partial charge in [-0.2, -0.15) is 5.10 Å². The number of carboxylic acid groups (broad SMARTS) is 1. The highest BCUT2D eigenvalue weighted by molar-refractivity contribution is 5.96. The van der Waals surface area contributed by atoms with Crippen LogP contribution in [0, 0.1) is 5.92 Å². The number of aromatic nitrogens is 2. The number of carbonyl (C=O) groups excluding carboxylic acids is 1. The molecule has 1 rings (SSSR count). The largest absolute Gasteiger partial charge is 0.480 e. The third-order valence-corrected chi connectivity index (χ3v) is 2.66. The first kappa shape index (κ1) is 15.2. The summed E-state index contributed by atoms with van der Waals surface area (Å²) in [6, 6.07) is -0.859. The summed E-state index contributed by atoms with van der Waals surface area (Å²) in [4.78, 5) is 23.0. The summed E-state index contributed by atoms with van der Waals surface area (Å²) in [5, 5.41) is 15.6. The lowest BCUT2D eigenvalue weighted by Gasteiger charge is -2.15. The van der Waals surface area contributed by atoms with Gasteiger partial charge >= 0.3 is 5.97 Å². The molecule has 2 N–H and O–H groups in total. The van der Waals surface area contributed by atoms with Gasteiger partial charge in [0.25, 0.3) is 5.91 Å². The van der Waals surface area contributed by atoms with Gasteiger partial charge < -0.3 is 10.4 Å². The standard InChI is InChI=1S/C13H21N3O3/c1-4-5-16-8-10(7-14-16)12(17)15-11(13(18)19)6-9(2)3/h7-9,11H,4-6H2,1-3H3,(H,15,17)(H,18,19)/t11-/m1/s1. The lowest BCUT2D eigenvalue weighted by atomic mass is 10.0. The fourth-order valence-corrected chi connectivity index (χ4v) is 1.77. The van der Waals surface area contributed by atoms with E-state index in [0.717, 1.165) is 13.0 Å². The van der Waals surface area contributed by atoms with Crippen LogP contribution in [-0.4, -0.2) is 32.8 Å². The monoisotopic (exact) mass is 267 g/mol. The van der Waals surface area contributed by atoms with Gasteiger partial charge in [0.05, 0.1) is 11.8 Å². The first-order valence-electron chi connectivity index (χ1n) is 6.50. The molecule has 1 atom stereocenters. The Balaban J connectivity index is 2.67. The minimum Gasteiger partial charge on any atom is -0.480 e. The van der Waals surface area contributed by atoms with Crippen molar-refractivity contribution in [3.8, 4) is 0 Å². The molecule has 0 radical (unpaired) electrons. The molecule has 0 spiro atoms. The molecule has 0 aliphatic carbocycles. The van der Waals surface area contributed by atoms with E-state index >= 15 is 0 Å². The summed E-state index contributed by atoms with van der Waals surface area (Å²) in [7, 11) is 0. The second kappa shape index (κ2) is 6.92. The van der Waals surface area contributed by atoms with Crippen LogP contribution in [0.5, 0.6) is 0 Å². The molecule has 1 aromatic rings. The Morgan fingerprint density at radius 2 is 2.16 bits per heavy atom. The van der Waals surface area contributed by atoms with Crippen molar-refractivity contribution < 1.29 is 14.7 Å². The van der Waals surface area contributed by atoms with Crippen molar-refractivity contribution in [3.63, 3.8) is 0 Å². The second-order valence-electron chi connectivity index (χ2n) is 4.99. The van der Waals surface area contributed by atoms with Gasteiger partial charge in [0.2, 0.25) is 0 Å². The first-order chi connectivity index (χ1) is 8.93. The van der Waals surface area contributed by atoms with Crippen molar-refractivity contribution in [1.82, 2.24) is 15.1 Å². The number of nitrogens with one attached hydrogen (secondary N) is 1. The fourth-order valence-electron chi connectivity index (χ4n) is 1.77. The average Bonchev–Trinajstić information content (AvgIpc) is 2.76. The Morgan fingerprint density at radius 3 is 2.68 bits per heavy atom. The molecule has 0 saturated heterocycles. The Kier molecular flexibility index (Phi) is 5.54. The fraction of sp³-hybridized carbons (Fsp3) is 0.615. The van der Waals surface area contributed by atoms with Gasteiger partial charge in [-0.05, 0) is 18.8 Å². The van der Waals surface area contributed by atoms with E-state index in [1.165, 1.54) is 6.20 Å². The summed E-state index contributed by atoms with van der Waals surface area (Å²) in [6.45, 7) is 6.59. The van der Waals surface area contributed by atoms with Crippen LogP contribution in [0.3, 0.4) is 0 Å². The molecule has 106 valence electrons. The van der Waals surface area contributed by atoms with Gasteiger partial charge in [-0.1, -0.05) is 20.8 Å². The van der Waals surface area contributed by atoms with Crippen LogP contribution in [0.4, 0.5) is 0 Å². The number of rotatable bonds is 7. The maximum atomic E-state index is 11.9. The maximum absolute atomic E-state index is 11.9.